The highest BCUT2D eigenvalue weighted by Gasteiger charge is 2.25. The number of fused-ring (bicyclic) bond motifs is 1. The van der Waals surface area contributed by atoms with Gasteiger partial charge in [-0.05, 0) is 29.8 Å². The Morgan fingerprint density at radius 3 is 2.58 bits per heavy atom. The van der Waals surface area contributed by atoms with Crippen molar-refractivity contribution in [2.24, 2.45) is 0 Å². The minimum absolute atomic E-state index is 0.235. The highest BCUT2D eigenvalue weighted by molar-refractivity contribution is 6.42. The van der Waals surface area contributed by atoms with Crippen LogP contribution in [0.5, 0.6) is 5.75 Å². The normalized spacial score (nSPS) is 11.8. The van der Waals surface area contributed by atoms with Crippen LogP contribution in [0.15, 0.2) is 73.1 Å². The van der Waals surface area contributed by atoms with E-state index in [2.05, 4.69) is 15.3 Å². The first-order valence-electron chi connectivity index (χ1n) is 9.78. The van der Waals surface area contributed by atoms with E-state index in [0.717, 1.165) is 10.9 Å². The van der Waals surface area contributed by atoms with E-state index >= 15 is 0 Å². The fraction of sp³-hybridized carbons (Fsp3) is 0.125. The second-order valence-electron chi connectivity index (χ2n) is 6.82. The average Bonchev–Trinajstić information content (AvgIpc) is 2.80. The summed E-state index contributed by atoms with van der Waals surface area (Å²) in [5, 5.41) is 5.10. The molecule has 4 aromatic rings. The predicted molar refractivity (Wildman–Crippen MR) is 124 cm³/mol. The Kier molecular flexibility index (Phi) is 6.35. The largest absolute Gasteiger partial charge is 0.424 e. The summed E-state index contributed by atoms with van der Waals surface area (Å²) in [4.78, 5) is 21.1. The minimum atomic E-state index is -0.493. The number of rotatable bonds is 6. The first kappa shape index (κ1) is 21.1. The maximum atomic E-state index is 12.3. The summed E-state index contributed by atoms with van der Waals surface area (Å²) in [6.07, 6.45) is 3.60. The first-order valence-corrected chi connectivity index (χ1v) is 10.5. The SMILES string of the molecule is CCC(=O)Oc1c(C(Nc2ccccn2)c2cccc(Cl)c2Cl)ccc2cccnc12. The van der Waals surface area contributed by atoms with Crippen molar-refractivity contribution in [3.8, 4) is 5.75 Å². The molecule has 1 atom stereocenters. The van der Waals surface area contributed by atoms with E-state index in [0.29, 0.717) is 32.7 Å². The van der Waals surface area contributed by atoms with Crippen LogP contribution < -0.4 is 10.1 Å². The van der Waals surface area contributed by atoms with Crippen molar-refractivity contribution in [3.63, 3.8) is 0 Å². The van der Waals surface area contributed by atoms with Gasteiger partial charge in [-0.2, -0.15) is 0 Å². The fourth-order valence-electron chi connectivity index (χ4n) is 3.32. The molecule has 0 saturated heterocycles. The summed E-state index contributed by atoms with van der Waals surface area (Å²) in [6, 6.07) is 18.1. The number of hydrogen-bond acceptors (Lipinski definition) is 5. The van der Waals surface area contributed by atoms with Gasteiger partial charge in [-0.3, -0.25) is 9.78 Å². The quantitative estimate of drug-likeness (QED) is 0.269. The fourth-order valence-corrected chi connectivity index (χ4v) is 3.73. The Balaban J connectivity index is 1.95. The summed E-state index contributed by atoms with van der Waals surface area (Å²) in [5.74, 6) is 0.667. The second kappa shape index (κ2) is 9.33. The van der Waals surface area contributed by atoms with Gasteiger partial charge in [0.25, 0.3) is 0 Å². The maximum absolute atomic E-state index is 12.3. The zero-order chi connectivity index (χ0) is 21.8. The van der Waals surface area contributed by atoms with Crippen molar-refractivity contribution in [2.45, 2.75) is 19.4 Å². The molecule has 1 unspecified atom stereocenters. The monoisotopic (exact) mass is 451 g/mol. The van der Waals surface area contributed by atoms with Crippen LogP contribution in [0.25, 0.3) is 10.9 Å². The molecular formula is C24H19Cl2N3O2. The number of hydrogen-bond donors (Lipinski definition) is 1. The van der Waals surface area contributed by atoms with Gasteiger partial charge in [0.1, 0.15) is 11.3 Å². The third-order valence-electron chi connectivity index (χ3n) is 4.82. The summed E-state index contributed by atoms with van der Waals surface area (Å²) in [7, 11) is 0. The molecule has 0 spiro atoms. The van der Waals surface area contributed by atoms with E-state index in [1.165, 1.54) is 0 Å². The van der Waals surface area contributed by atoms with Gasteiger partial charge in [0.15, 0.2) is 5.75 Å². The molecule has 2 aromatic carbocycles. The van der Waals surface area contributed by atoms with Crippen LogP contribution in [0.1, 0.15) is 30.5 Å². The maximum Gasteiger partial charge on any atom is 0.310 e. The molecule has 4 rings (SSSR count). The van der Waals surface area contributed by atoms with Crippen LogP contribution in [0, 0.1) is 0 Å². The summed E-state index contributed by atoms with van der Waals surface area (Å²) < 4.78 is 5.78. The van der Waals surface area contributed by atoms with Crippen molar-refractivity contribution in [1.82, 2.24) is 9.97 Å². The molecule has 0 aliphatic heterocycles. The van der Waals surface area contributed by atoms with E-state index in [9.17, 15) is 4.79 Å². The molecule has 0 radical (unpaired) electrons. The smallest absolute Gasteiger partial charge is 0.310 e. The van der Waals surface area contributed by atoms with Crippen LogP contribution in [-0.4, -0.2) is 15.9 Å². The average molecular weight is 452 g/mol. The lowest BCUT2D eigenvalue weighted by molar-refractivity contribution is -0.133. The molecule has 156 valence electrons. The van der Waals surface area contributed by atoms with E-state index < -0.39 is 6.04 Å². The standard InChI is InChI=1S/C24H19Cl2N3O2/c1-2-20(30)31-24-17(12-11-15-7-6-14-28-22(15)24)23(29-19-10-3-4-13-27-19)16-8-5-9-18(25)21(16)26/h3-14,23H,2H2,1H3,(H,27,29). The summed E-state index contributed by atoms with van der Waals surface area (Å²) in [5.41, 5.74) is 2.01. The number of esters is 1. The molecular weight excluding hydrogens is 433 g/mol. The van der Waals surface area contributed by atoms with Crippen molar-refractivity contribution >= 4 is 45.9 Å². The first-order chi connectivity index (χ1) is 15.1. The van der Waals surface area contributed by atoms with Gasteiger partial charge in [-0.1, -0.05) is 66.5 Å². The molecule has 0 fully saturated rings. The highest BCUT2D eigenvalue weighted by atomic mass is 35.5. The Morgan fingerprint density at radius 2 is 1.81 bits per heavy atom. The van der Waals surface area contributed by atoms with Crippen LogP contribution in [-0.2, 0) is 4.79 Å². The van der Waals surface area contributed by atoms with Gasteiger partial charge < -0.3 is 10.1 Å². The lowest BCUT2D eigenvalue weighted by Gasteiger charge is -2.24. The van der Waals surface area contributed by atoms with Gasteiger partial charge >= 0.3 is 5.97 Å². The van der Waals surface area contributed by atoms with Crippen molar-refractivity contribution in [2.75, 3.05) is 5.32 Å². The Labute approximate surface area is 190 Å². The number of pyridine rings is 2. The van der Waals surface area contributed by atoms with E-state index in [-0.39, 0.29) is 12.4 Å². The Hall–Kier alpha value is -3.15. The molecule has 31 heavy (non-hydrogen) atoms. The van der Waals surface area contributed by atoms with E-state index in [1.54, 1.807) is 25.4 Å². The molecule has 5 nitrogen and oxygen atoms in total. The van der Waals surface area contributed by atoms with Crippen molar-refractivity contribution in [3.05, 3.63) is 94.2 Å². The van der Waals surface area contributed by atoms with Gasteiger partial charge in [-0.15, -0.1) is 0 Å². The Morgan fingerprint density at radius 1 is 0.968 bits per heavy atom. The zero-order valence-electron chi connectivity index (χ0n) is 16.7. The zero-order valence-corrected chi connectivity index (χ0v) is 18.2. The number of ether oxygens (including phenoxy) is 1. The number of anilines is 1. The molecule has 2 aromatic heterocycles. The topological polar surface area (TPSA) is 64.1 Å². The number of nitrogens with one attached hydrogen (secondary N) is 1. The van der Waals surface area contributed by atoms with Crippen LogP contribution in [0.4, 0.5) is 5.82 Å². The summed E-state index contributed by atoms with van der Waals surface area (Å²) >= 11 is 12.9. The minimum Gasteiger partial charge on any atom is -0.424 e. The van der Waals surface area contributed by atoms with E-state index in [1.807, 2.05) is 54.6 Å². The third kappa shape index (κ3) is 4.48. The van der Waals surface area contributed by atoms with Crippen LogP contribution in [0.2, 0.25) is 10.0 Å². The van der Waals surface area contributed by atoms with Crippen molar-refractivity contribution < 1.29 is 9.53 Å². The number of halogens is 2. The van der Waals surface area contributed by atoms with Gasteiger partial charge in [0.05, 0.1) is 16.1 Å². The number of benzene rings is 2. The molecule has 0 aliphatic carbocycles. The molecule has 1 N–H and O–H groups in total. The van der Waals surface area contributed by atoms with Crippen LogP contribution in [0.3, 0.4) is 0 Å². The molecule has 0 aliphatic rings. The van der Waals surface area contributed by atoms with Gasteiger partial charge in [0.2, 0.25) is 0 Å². The number of carbonyl (C=O) groups is 1. The Bertz CT molecular complexity index is 1230. The van der Waals surface area contributed by atoms with Crippen molar-refractivity contribution in [1.29, 1.82) is 0 Å². The van der Waals surface area contributed by atoms with E-state index in [4.69, 9.17) is 27.9 Å². The molecule has 7 heteroatoms. The number of aromatic nitrogens is 2. The molecule has 0 saturated carbocycles. The van der Waals surface area contributed by atoms with Crippen LogP contribution >= 0.6 is 23.2 Å². The highest BCUT2D eigenvalue weighted by Crippen LogP contribution is 2.41. The molecule has 0 amide bonds. The number of carbonyl (C=O) groups excluding carboxylic acids is 1. The molecule has 2 heterocycles. The predicted octanol–water partition coefficient (Wildman–Crippen LogP) is 6.45. The lowest BCUT2D eigenvalue weighted by Crippen LogP contribution is -2.17. The van der Waals surface area contributed by atoms with Gasteiger partial charge in [0, 0.05) is 29.8 Å². The second-order valence-corrected chi connectivity index (χ2v) is 7.61. The third-order valence-corrected chi connectivity index (χ3v) is 5.66. The summed E-state index contributed by atoms with van der Waals surface area (Å²) in [6.45, 7) is 1.75. The lowest BCUT2D eigenvalue weighted by atomic mass is 9.96. The molecule has 0 bridgehead atoms. The van der Waals surface area contributed by atoms with Gasteiger partial charge in [-0.25, -0.2) is 4.98 Å². The number of nitrogens with zero attached hydrogens (tertiary/aromatic N) is 2.